The summed E-state index contributed by atoms with van der Waals surface area (Å²) in [7, 11) is 0. The van der Waals surface area contributed by atoms with Crippen LogP contribution in [0.1, 0.15) is 5.56 Å². The van der Waals surface area contributed by atoms with Crippen molar-refractivity contribution in [1.29, 1.82) is 0 Å². The highest BCUT2D eigenvalue weighted by molar-refractivity contribution is 5.27. The highest BCUT2D eigenvalue weighted by Gasteiger charge is 2.51. The average molecular weight is 448 g/mol. The van der Waals surface area contributed by atoms with E-state index in [2.05, 4.69) is 0 Å². The molecule has 2 heterocycles. The highest BCUT2D eigenvalue weighted by Crippen LogP contribution is 2.30. The van der Waals surface area contributed by atoms with E-state index in [1.807, 2.05) is 0 Å². The molecule has 2 saturated heterocycles. The second-order valence-corrected chi connectivity index (χ2v) is 7.42. The number of hydrogen-bond donors (Lipinski definition) is 8. The van der Waals surface area contributed by atoms with E-state index in [1.54, 1.807) is 12.1 Å². The van der Waals surface area contributed by atoms with E-state index in [1.165, 1.54) is 12.1 Å². The maximum absolute atomic E-state index is 10.5. The van der Waals surface area contributed by atoms with Crippen molar-refractivity contribution >= 4 is 0 Å². The van der Waals surface area contributed by atoms with Gasteiger partial charge in [-0.05, 0) is 17.7 Å². The summed E-state index contributed by atoms with van der Waals surface area (Å²) in [6.07, 6.45) is -15.1. The first-order chi connectivity index (χ1) is 14.8. The standard InChI is InChI=1S/C19H28O12/c20-5-8-1-3-9(4-2-8)28-18-16(27)14(25)17(11(7-22)30-18)31-19-15(26)13(24)12(23)10(6-21)29-19/h1-4,10-27H,5-7H2/t10-,11-,12-,13+,14-,15-,16-,17-,18-,19-/m1/s1. The summed E-state index contributed by atoms with van der Waals surface area (Å²) in [5.74, 6) is 0.276. The monoisotopic (exact) mass is 448 g/mol. The first-order valence-electron chi connectivity index (χ1n) is 9.75. The molecule has 10 atom stereocenters. The Hall–Kier alpha value is -1.42. The Labute approximate surface area is 177 Å². The number of rotatable bonds is 7. The van der Waals surface area contributed by atoms with E-state index < -0.39 is 74.6 Å². The van der Waals surface area contributed by atoms with Crippen molar-refractivity contribution in [2.24, 2.45) is 0 Å². The van der Waals surface area contributed by atoms with Crippen molar-refractivity contribution < 1.29 is 59.8 Å². The van der Waals surface area contributed by atoms with Crippen LogP contribution in [-0.2, 0) is 20.8 Å². The summed E-state index contributed by atoms with van der Waals surface area (Å²) in [6, 6.07) is 6.24. The van der Waals surface area contributed by atoms with Gasteiger partial charge in [0.25, 0.3) is 0 Å². The molecule has 0 spiro atoms. The Bertz CT molecular complexity index is 683. The van der Waals surface area contributed by atoms with Gasteiger partial charge >= 0.3 is 0 Å². The molecule has 1 aromatic carbocycles. The van der Waals surface area contributed by atoms with Gasteiger partial charge in [-0.25, -0.2) is 0 Å². The molecular weight excluding hydrogens is 420 g/mol. The Morgan fingerprint density at radius 3 is 1.84 bits per heavy atom. The van der Waals surface area contributed by atoms with Gasteiger partial charge in [0.2, 0.25) is 6.29 Å². The lowest BCUT2D eigenvalue weighted by molar-refractivity contribution is -0.352. The van der Waals surface area contributed by atoms with Crippen LogP contribution in [-0.4, -0.2) is 115 Å². The molecule has 176 valence electrons. The Morgan fingerprint density at radius 1 is 0.677 bits per heavy atom. The minimum Gasteiger partial charge on any atom is -0.462 e. The lowest BCUT2D eigenvalue weighted by Crippen LogP contribution is -2.65. The largest absolute Gasteiger partial charge is 0.462 e. The zero-order valence-electron chi connectivity index (χ0n) is 16.4. The summed E-state index contributed by atoms with van der Waals surface area (Å²) in [6.45, 7) is -1.49. The van der Waals surface area contributed by atoms with Gasteiger partial charge in [0, 0.05) is 0 Å². The smallest absolute Gasteiger partial charge is 0.229 e. The molecule has 0 saturated carbocycles. The lowest BCUT2D eigenvalue weighted by Gasteiger charge is -2.45. The quantitative estimate of drug-likeness (QED) is 0.203. The topological polar surface area (TPSA) is 199 Å². The van der Waals surface area contributed by atoms with Crippen molar-refractivity contribution in [2.75, 3.05) is 13.2 Å². The van der Waals surface area contributed by atoms with Gasteiger partial charge in [-0.15, -0.1) is 0 Å². The third-order valence-corrected chi connectivity index (χ3v) is 5.32. The van der Waals surface area contributed by atoms with Crippen LogP contribution in [0.15, 0.2) is 24.3 Å². The molecule has 8 N–H and O–H groups in total. The molecule has 12 heteroatoms. The predicted molar refractivity (Wildman–Crippen MR) is 99.4 cm³/mol. The molecule has 12 nitrogen and oxygen atoms in total. The summed E-state index contributed by atoms with van der Waals surface area (Å²) in [4.78, 5) is 0. The Balaban J connectivity index is 1.70. The van der Waals surface area contributed by atoms with Gasteiger partial charge < -0.3 is 59.8 Å². The van der Waals surface area contributed by atoms with Gasteiger partial charge in [-0.1, -0.05) is 12.1 Å². The molecule has 31 heavy (non-hydrogen) atoms. The third kappa shape index (κ3) is 5.16. The zero-order chi connectivity index (χ0) is 22.7. The van der Waals surface area contributed by atoms with Crippen LogP contribution in [0.25, 0.3) is 0 Å². The van der Waals surface area contributed by atoms with Crippen molar-refractivity contribution in [3.63, 3.8) is 0 Å². The number of aliphatic hydroxyl groups excluding tert-OH is 8. The lowest BCUT2D eigenvalue weighted by atomic mass is 9.97. The summed E-state index contributed by atoms with van der Waals surface area (Å²) in [5, 5.41) is 78.9. The van der Waals surface area contributed by atoms with Crippen LogP contribution in [0.3, 0.4) is 0 Å². The van der Waals surface area contributed by atoms with Crippen molar-refractivity contribution in [3.8, 4) is 5.75 Å². The van der Waals surface area contributed by atoms with Gasteiger partial charge in [0.15, 0.2) is 6.29 Å². The molecule has 0 radical (unpaired) electrons. The Morgan fingerprint density at radius 2 is 1.26 bits per heavy atom. The van der Waals surface area contributed by atoms with E-state index in [-0.39, 0.29) is 12.4 Å². The number of aliphatic hydroxyl groups is 8. The molecule has 0 bridgehead atoms. The minimum atomic E-state index is -1.74. The van der Waals surface area contributed by atoms with Crippen LogP contribution in [0.5, 0.6) is 5.75 Å². The molecule has 2 aliphatic heterocycles. The Kier molecular flexibility index (Phi) is 8.18. The van der Waals surface area contributed by atoms with E-state index in [9.17, 15) is 35.7 Å². The van der Waals surface area contributed by atoms with Gasteiger partial charge in [0.1, 0.15) is 54.6 Å². The number of benzene rings is 1. The fourth-order valence-corrected chi connectivity index (χ4v) is 3.46. The zero-order valence-corrected chi connectivity index (χ0v) is 16.4. The maximum atomic E-state index is 10.5. The number of hydrogen-bond acceptors (Lipinski definition) is 12. The molecule has 0 aromatic heterocycles. The van der Waals surface area contributed by atoms with E-state index in [4.69, 9.17) is 24.1 Å². The van der Waals surface area contributed by atoms with Gasteiger partial charge in [-0.3, -0.25) is 0 Å². The normalized spacial score (nSPS) is 41.2. The fourth-order valence-electron chi connectivity index (χ4n) is 3.46. The highest BCUT2D eigenvalue weighted by atomic mass is 16.7. The maximum Gasteiger partial charge on any atom is 0.229 e. The predicted octanol–water partition coefficient (Wildman–Crippen LogP) is -3.82. The van der Waals surface area contributed by atoms with E-state index in [0.717, 1.165) is 0 Å². The van der Waals surface area contributed by atoms with Gasteiger partial charge in [0.05, 0.1) is 19.8 Å². The second-order valence-electron chi connectivity index (χ2n) is 7.42. The summed E-state index contributed by atoms with van der Waals surface area (Å²) < 4.78 is 21.8. The van der Waals surface area contributed by atoms with Gasteiger partial charge in [-0.2, -0.15) is 0 Å². The molecule has 3 rings (SSSR count). The minimum absolute atomic E-state index is 0.162. The van der Waals surface area contributed by atoms with Crippen molar-refractivity contribution in [2.45, 2.75) is 68.0 Å². The van der Waals surface area contributed by atoms with Crippen LogP contribution < -0.4 is 4.74 Å². The first kappa shape index (κ1) is 24.2. The van der Waals surface area contributed by atoms with Crippen LogP contribution in [0, 0.1) is 0 Å². The van der Waals surface area contributed by atoms with Crippen molar-refractivity contribution in [1.82, 2.24) is 0 Å². The average Bonchev–Trinajstić information content (AvgIpc) is 2.79. The van der Waals surface area contributed by atoms with Crippen LogP contribution in [0.4, 0.5) is 0 Å². The van der Waals surface area contributed by atoms with Crippen LogP contribution in [0.2, 0.25) is 0 Å². The fraction of sp³-hybridized carbons (Fsp3) is 0.684. The molecule has 0 aliphatic carbocycles. The molecule has 2 aliphatic rings. The van der Waals surface area contributed by atoms with Crippen molar-refractivity contribution in [3.05, 3.63) is 29.8 Å². The number of ether oxygens (including phenoxy) is 4. The van der Waals surface area contributed by atoms with E-state index >= 15 is 0 Å². The first-order valence-corrected chi connectivity index (χ1v) is 9.75. The third-order valence-electron chi connectivity index (χ3n) is 5.32. The molecule has 0 amide bonds. The summed E-state index contributed by atoms with van der Waals surface area (Å²) >= 11 is 0. The molecule has 0 unspecified atom stereocenters. The summed E-state index contributed by atoms with van der Waals surface area (Å²) in [5.41, 5.74) is 0.638. The second kappa shape index (κ2) is 10.5. The molecular formula is C19H28O12. The molecule has 2 fully saturated rings. The SMILES string of the molecule is OCc1ccc(O[C@@H]2O[C@H](CO)[C@@H](O[C@H]3O[C@H](CO)[C@@H](O)[C@H](O)[C@H]3O)[C@H](O)[C@H]2O)cc1. The van der Waals surface area contributed by atoms with E-state index in [0.29, 0.717) is 5.56 Å². The van der Waals surface area contributed by atoms with Crippen LogP contribution >= 0.6 is 0 Å². The molecule has 1 aromatic rings.